The highest BCUT2D eigenvalue weighted by Crippen LogP contribution is 2.14. The molecule has 0 spiro atoms. The third-order valence-electron chi connectivity index (χ3n) is 4.65. The summed E-state index contributed by atoms with van der Waals surface area (Å²) >= 11 is 0. The average Bonchev–Trinajstić information content (AvgIpc) is 2.79. The Labute approximate surface area is 152 Å². The van der Waals surface area contributed by atoms with E-state index in [0.717, 1.165) is 17.0 Å². The Morgan fingerprint density at radius 2 is 2.31 bits per heavy atom. The van der Waals surface area contributed by atoms with Crippen molar-refractivity contribution in [2.75, 3.05) is 26.3 Å². The lowest BCUT2D eigenvalue weighted by atomic mass is 10.0. The van der Waals surface area contributed by atoms with E-state index < -0.39 is 0 Å². The summed E-state index contributed by atoms with van der Waals surface area (Å²) in [6, 6.07) is 1.50. The second-order valence-corrected chi connectivity index (χ2v) is 6.80. The molecule has 1 fully saturated rings. The summed E-state index contributed by atoms with van der Waals surface area (Å²) in [4.78, 5) is 32.7. The number of aryl methyl sites for hydroxylation is 3. The number of H-pyrrole nitrogens is 1. The van der Waals surface area contributed by atoms with Crippen LogP contribution in [0.15, 0.2) is 23.4 Å². The minimum absolute atomic E-state index is 0.127. The Bertz CT molecular complexity index is 813. The van der Waals surface area contributed by atoms with Crippen molar-refractivity contribution < 1.29 is 9.53 Å². The molecular formula is C18H25N5O3. The number of amides is 1. The van der Waals surface area contributed by atoms with Crippen LogP contribution in [0.2, 0.25) is 0 Å². The predicted molar refractivity (Wildman–Crippen MR) is 95.7 cm³/mol. The first-order valence-corrected chi connectivity index (χ1v) is 8.89. The van der Waals surface area contributed by atoms with Crippen LogP contribution < -0.4 is 5.56 Å². The minimum atomic E-state index is -0.163. The van der Waals surface area contributed by atoms with Crippen molar-refractivity contribution in [3.05, 3.63) is 45.9 Å². The molecule has 140 valence electrons. The molecule has 26 heavy (non-hydrogen) atoms. The Morgan fingerprint density at radius 1 is 1.46 bits per heavy atom. The molecule has 0 aromatic carbocycles. The van der Waals surface area contributed by atoms with Gasteiger partial charge in [-0.25, -0.2) is 4.98 Å². The molecule has 3 rings (SSSR count). The number of nitrogens with zero attached hydrogens (tertiary/aromatic N) is 4. The summed E-state index contributed by atoms with van der Waals surface area (Å²) in [6.45, 7) is 4.30. The van der Waals surface area contributed by atoms with Crippen molar-refractivity contribution in [2.45, 2.75) is 26.2 Å². The van der Waals surface area contributed by atoms with Crippen LogP contribution in [0, 0.1) is 12.8 Å². The van der Waals surface area contributed by atoms with E-state index in [1.807, 2.05) is 25.1 Å². The van der Waals surface area contributed by atoms with Crippen LogP contribution in [0.25, 0.3) is 0 Å². The maximum absolute atomic E-state index is 12.7. The van der Waals surface area contributed by atoms with E-state index in [0.29, 0.717) is 45.6 Å². The predicted octanol–water partition coefficient (Wildman–Crippen LogP) is 0.462. The van der Waals surface area contributed by atoms with Gasteiger partial charge in [0.05, 0.1) is 25.2 Å². The molecule has 0 saturated carbocycles. The van der Waals surface area contributed by atoms with Crippen molar-refractivity contribution >= 4 is 5.91 Å². The number of hydrogen-bond donors (Lipinski definition) is 1. The highest BCUT2D eigenvalue weighted by molar-refractivity contribution is 5.76. The van der Waals surface area contributed by atoms with Crippen LogP contribution in [0.3, 0.4) is 0 Å². The lowest BCUT2D eigenvalue weighted by Crippen LogP contribution is -2.36. The van der Waals surface area contributed by atoms with Gasteiger partial charge in [0.2, 0.25) is 5.91 Å². The van der Waals surface area contributed by atoms with Crippen molar-refractivity contribution in [3.8, 4) is 0 Å². The smallest absolute Gasteiger partial charge is 0.250 e. The van der Waals surface area contributed by atoms with E-state index in [1.165, 1.54) is 12.4 Å². The quantitative estimate of drug-likeness (QED) is 0.837. The molecule has 0 aliphatic carbocycles. The first kappa shape index (κ1) is 18.3. The molecule has 1 N–H and O–H groups in total. The SMILES string of the molecule is Cc1nn(C)cc1CCC(=O)N1CCOCC(Cc2cc(=O)[nH]cn2)C1. The van der Waals surface area contributed by atoms with Crippen LogP contribution in [0.1, 0.15) is 23.4 Å². The van der Waals surface area contributed by atoms with Crippen LogP contribution in [0.4, 0.5) is 0 Å². The van der Waals surface area contributed by atoms with Crippen molar-refractivity contribution in [2.24, 2.45) is 13.0 Å². The number of aromatic amines is 1. The maximum Gasteiger partial charge on any atom is 0.250 e. The molecule has 0 radical (unpaired) electrons. The second kappa shape index (κ2) is 8.27. The molecule has 1 amide bonds. The Morgan fingerprint density at radius 3 is 3.04 bits per heavy atom. The molecule has 2 aromatic rings. The van der Waals surface area contributed by atoms with E-state index in [9.17, 15) is 9.59 Å². The van der Waals surface area contributed by atoms with Gasteiger partial charge >= 0.3 is 0 Å². The molecule has 1 aliphatic rings. The lowest BCUT2D eigenvalue weighted by Gasteiger charge is -2.23. The average molecular weight is 359 g/mol. The molecule has 2 aromatic heterocycles. The van der Waals surface area contributed by atoms with Crippen LogP contribution in [-0.4, -0.2) is 56.9 Å². The van der Waals surface area contributed by atoms with E-state index in [2.05, 4.69) is 15.1 Å². The van der Waals surface area contributed by atoms with Gasteiger partial charge in [0.25, 0.3) is 5.56 Å². The van der Waals surface area contributed by atoms with Crippen LogP contribution in [0.5, 0.6) is 0 Å². The van der Waals surface area contributed by atoms with E-state index in [1.54, 1.807) is 4.68 Å². The monoisotopic (exact) mass is 359 g/mol. The summed E-state index contributed by atoms with van der Waals surface area (Å²) in [5.41, 5.74) is 2.64. The zero-order valence-electron chi connectivity index (χ0n) is 15.3. The van der Waals surface area contributed by atoms with Gasteiger partial charge in [-0.2, -0.15) is 5.10 Å². The maximum atomic E-state index is 12.7. The van der Waals surface area contributed by atoms with Gasteiger partial charge in [-0.1, -0.05) is 0 Å². The van der Waals surface area contributed by atoms with Gasteiger partial charge in [0, 0.05) is 50.4 Å². The standard InChI is InChI=1S/C18H25N5O3/c1-13-15(10-22(2)21-13)3-4-18(25)23-5-6-26-11-14(9-23)7-16-8-17(24)20-12-19-16/h8,10,12,14H,3-7,9,11H2,1-2H3,(H,19,20,24). The van der Waals surface area contributed by atoms with Crippen molar-refractivity contribution in [1.29, 1.82) is 0 Å². The minimum Gasteiger partial charge on any atom is -0.379 e. The Kier molecular flexibility index (Phi) is 5.82. The number of hydrogen-bond acceptors (Lipinski definition) is 5. The van der Waals surface area contributed by atoms with E-state index in [-0.39, 0.29) is 17.4 Å². The number of aromatic nitrogens is 4. The number of carbonyl (C=O) groups excluding carboxylic acids is 1. The number of carbonyl (C=O) groups is 1. The van der Waals surface area contributed by atoms with Gasteiger partial charge in [0.1, 0.15) is 0 Å². The molecule has 0 bridgehead atoms. The molecule has 8 heteroatoms. The topological polar surface area (TPSA) is 93.1 Å². The second-order valence-electron chi connectivity index (χ2n) is 6.80. The van der Waals surface area contributed by atoms with Crippen molar-refractivity contribution in [3.63, 3.8) is 0 Å². The fourth-order valence-corrected chi connectivity index (χ4v) is 3.34. The lowest BCUT2D eigenvalue weighted by molar-refractivity contribution is -0.131. The molecule has 3 heterocycles. The molecule has 1 aliphatic heterocycles. The first-order valence-electron chi connectivity index (χ1n) is 8.89. The molecule has 1 saturated heterocycles. The highest BCUT2D eigenvalue weighted by Gasteiger charge is 2.23. The zero-order valence-corrected chi connectivity index (χ0v) is 15.3. The Hall–Kier alpha value is -2.48. The summed E-state index contributed by atoms with van der Waals surface area (Å²) in [5, 5.41) is 4.32. The summed E-state index contributed by atoms with van der Waals surface area (Å²) in [5.74, 6) is 0.262. The van der Waals surface area contributed by atoms with Crippen LogP contribution >= 0.6 is 0 Å². The molecule has 8 nitrogen and oxygen atoms in total. The summed E-state index contributed by atoms with van der Waals surface area (Å²) in [7, 11) is 1.89. The van der Waals surface area contributed by atoms with E-state index in [4.69, 9.17) is 4.74 Å². The summed E-state index contributed by atoms with van der Waals surface area (Å²) < 4.78 is 7.43. The molecular weight excluding hydrogens is 334 g/mol. The highest BCUT2D eigenvalue weighted by atomic mass is 16.5. The van der Waals surface area contributed by atoms with Gasteiger partial charge in [-0.3, -0.25) is 14.3 Å². The Balaban J connectivity index is 1.58. The third-order valence-corrected chi connectivity index (χ3v) is 4.65. The van der Waals surface area contributed by atoms with Crippen molar-refractivity contribution in [1.82, 2.24) is 24.6 Å². The number of rotatable bonds is 5. The van der Waals surface area contributed by atoms with Gasteiger partial charge in [0.15, 0.2) is 0 Å². The summed E-state index contributed by atoms with van der Waals surface area (Å²) in [6.07, 6.45) is 5.15. The molecule has 1 unspecified atom stereocenters. The number of nitrogens with one attached hydrogen (secondary N) is 1. The normalized spacial score (nSPS) is 17.9. The van der Waals surface area contributed by atoms with Gasteiger partial charge in [-0.05, 0) is 25.3 Å². The number of ether oxygens (including phenoxy) is 1. The fraction of sp³-hybridized carbons (Fsp3) is 0.556. The largest absolute Gasteiger partial charge is 0.379 e. The van der Waals surface area contributed by atoms with E-state index >= 15 is 0 Å². The third kappa shape index (κ3) is 4.78. The fourth-order valence-electron chi connectivity index (χ4n) is 3.34. The zero-order chi connectivity index (χ0) is 18.5. The van der Waals surface area contributed by atoms with Crippen LogP contribution in [-0.2, 0) is 29.4 Å². The first-order chi connectivity index (χ1) is 12.5. The molecule has 1 atom stereocenters. The van der Waals surface area contributed by atoms with Gasteiger partial charge in [-0.15, -0.1) is 0 Å². The van der Waals surface area contributed by atoms with Gasteiger partial charge < -0.3 is 14.6 Å².